The second kappa shape index (κ2) is 1.97. The van der Waals surface area contributed by atoms with Crippen LogP contribution >= 0.6 is 0 Å². The van der Waals surface area contributed by atoms with E-state index in [1.54, 1.807) is 0 Å². The summed E-state index contributed by atoms with van der Waals surface area (Å²) >= 11 is 0. The highest BCUT2D eigenvalue weighted by molar-refractivity contribution is 4.96. The second-order valence-corrected chi connectivity index (χ2v) is 4.62. The minimum atomic E-state index is 0.380. The molecule has 0 spiro atoms. The van der Waals surface area contributed by atoms with E-state index < -0.39 is 0 Å². The maximum absolute atomic E-state index is 5.37. The topological polar surface area (TPSA) is 9.23 Å². The zero-order valence-corrected chi connectivity index (χ0v) is 7.69. The molecular formula is C9H18O. The molecular weight excluding hydrogens is 124 g/mol. The molecule has 60 valence electrons. The van der Waals surface area contributed by atoms with Gasteiger partial charge >= 0.3 is 0 Å². The zero-order valence-electron chi connectivity index (χ0n) is 7.69. The van der Waals surface area contributed by atoms with Gasteiger partial charge in [-0.15, -0.1) is 0 Å². The summed E-state index contributed by atoms with van der Waals surface area (Å²) in [6, 6.07) is 0. The van der Waals surface area contributed by atoms with Crippen LogP contribution < -0.4 is 0 Å². The Bertz CT molecular complexity index is 134. The van der Waals surface area contributed by atoms with Gasteiger partial charge in [0.05, 0.1) is 12.7 Å². The highest BCUT2D eigenvalue weighted by Gasteiger charge is 2.49. The summed E-state index contributed by atoms with van der Waals surface area (Å²) < 4.78 is 5.37. The molecule has 0 bridgehead atoms. The lowest BCUT2D eigenvalue weighted by Gasteiger charge is -2.53. The van der Waals surface area contributed by atoms with Crippen molar-refractivity contribution >= 4 is 0 Å². The average Bonchev–Trinajstić information content (AvgIpc) is 1.80. The van der Waals surface area contributed by atoms with Crippen molar-refractivity contribution in [1.29, 1.82) is 0 Å². The molecule has 0 amide bonds. The summed E-state index contributed by atoms with van der Waals surface area (Å²) in [6.07, 6.45) is 0.438. The first kappa shape index (κ1) is 8.06. The second-order valence-electron chi connectivity index (χ2n) is 4.62. The van der Waals surface area contributed by atoms with E-state index in [0.29, 0.717) is 16.9 Å². The minimum Gasteiger partial charge on any atom is -0.377 e. The van der Waals surface area contributed by atoms with Crippen LogP contribution in [-0.2, 0) is 4.74 Å². The van der Waals surface area contributed by atoms with Gasteiger partial charge in [0.15, 0.2) is 0 Å². The minimum absolute atomic E-state index is 0.380. The maximum atomic E-state index is 5.37. The third-order valence-electron chi connectivity index (χ3n) is 3.24. The van der Waals surface area contributed by atoms with Crippen LogP contribution in [0.25, 0.3) is 0 Å². The number of ether oxygens (including phenoxy) is 1. The van der Waals surface area contributed by atoms with Crippen molar-refractivity contribution < 1.29 is 4.74 Å². The lowest BCUT2D eigenvalue weighted by atomic mass is 9.62. The summed E-state index contributed by atoms with van der Waals surface area (Å²) in [4.78, 5) is 0. The molecule has 0 saturated carbocycles. The van der Waals surface area contributed by atoms with Crippen molar-refractivity contribution in [1.82, 2.24) is 0 Å². The lowest BCUT2D eigenvalue weighted by molar-refractivity contribution is -0.215. The Morgan fingerprint density at radius 2 is 1.90 bits per heavy atom. The van der Waals surface area contributed by atoms with Gasteiger partial charge in [0.25, 0.3) is 0 Å². The SMILES string of the molecule is C[C@@H]1OC[C@@]1(C)C(C)(C)C. The number of rotatable bonds is 0. The Labute approximate surface area is 63.8 Å². The highest BCUT2D eigenvalue weighted by Crippen LogP contribution is 2.48. The van der Waals surface area contributed by atoms with Gasteiger partial charge in [-0.2, -0.15) is 0 Å². The fourth-order valence-electron chi connectivity index (χ4n) is 1.33. The largest absolute Gasteiger partial charge is 0.377 e. The van der Waals surface area contributed by atoms with Crippen LogP contribution in [0.1, 0.15) is 34.6 Å². The molecule has 0 aliphatic carbocycles. The highest BCUT2D eigenvalue weighted by atomic mass is 16.5. The van der Waals surface area contributed by atoms with Gasteiger partial charge in [-0.1, -0.05) is 27.7 Å². The van der Waals surface area contributed by atoms with Gasteiger partial charge in [-0.25, -0.2) is 0 Å². The Hall–Kier alpha value is -0.0400. The van der Waals surface area contributed by atoms with Crippen LogP contribution in [0.4, 0.5) is 0 Å². The van der Waals surface area contributed by atoms with E-state index in [0.717, 1.165) is 6.61 Å². The molecule has 1 saturated heterocycles. The lowest BCUT2D eigenvalue weighted by Crippen LogP contribution is -2.55. The molecule has 1 nitrogen and oxygen atoms in total. The first-order valence-electron chi connectivity index (χ1n) is 3.99. The van der Waals surface area contributed by atoms with E-state index >= 15 is 0 Å². The molecule has 1 aliphatic heterocycles. The molecule has 0 radical (unpaired) electrons. The monoisotopic (exact) mass is 142 g/mol. The fraction of sp³-hybridized carbons (Fsp3) is 1.00. The fourth-order valence-corrected chi connectivity index (χ4v) is 1.33. The molecule has 1 rings (SSSR count). The molecule has 0 aromatic rings. The summed E-state index contributed by atoms with van der Waals surface area (Å²) in [7, 11) is 0. The van der Waals surface area contributed by atoms with E-state index in [4.69, 9.17) is 4.74 Å². The van der Waals surface area contributed by atoms with Gasteiger partial charge in [0, 0.05) is 5.41 Å². The molecule has 1 aliphatic rings. The number of hydrogen-bond donors (Lipinski definition) is 0. The summed E-state index contributed by atoms with van der Waals surface area (Å²) in [5.74, 6) is 0. The van der Waals surface area contributed by atoms with Crippen molar-refractivity contribution in [3.05, 3.63) is 0 Å². The molecule has 0 aromatic heterocycles. The first-order valence-corrected chi connectivity index (χ1v) is 3.99. The molecule has 10 heavy (non-hydrogen) atoms. The first-order chi connectivity index (χ1) is 4.38. The van der Waals surface area contributed by atoms with E-state index in [1.165, 1.54) is 0 Å². The predicted octanol–water partition coefficient (Wildman–Crippen LogP) is 2.46. The third-order valence-corrected chi connectivity index (χ3v) is 3.24. The van der Waals surface area contributed by atoms with Crippen LogP contribution in [0.2, 0.25) is 0 Å². The zero-order chi connectivity index (χ0) is 7.99. The number of hydrogen-bond acceptors (Lipinski definition) is 1. The Kier molecular flexibility index (Phi) is 1.59. The summed E-state index contributed by atoms with van der Waals surface area (Å²) in [6.45, 7) is 12.2. The predicted molar refractivity (Wildman–Crippen MR) is 43.0 cm³/mol. The van der Waals surface area contributed by atoms with Crippen molar-refractivity contribution in [2.75, 3.05) is 6.61 Å². The van der Waals surface area contributed by atoms with Crippen LogP contribution in [0.15, 0.2) is 0 Å². The van der Waals surface area contributed by atoms with Gasteiger partial charge in [0.2, 0.25) is 0 Å². The van der Waals surface area contributed by atoms with E-state index in [2.05, 4.69) is 34.6 Å². The van der Waals surface area contributed by atoms with Crippen molar-refractivity contribution in [2.45, 2.75) is 40.7 Å². The normalized spacial score (nSPS) is 41.1. The Morgan fingerprint density at radius 1 is 1.40 bits per heavy atom. The van der Waals surface area contributed by atoms with E-state index in [9.17, 15) is 0 Å². The van der Waals surface area contributed by atoms with E-state index in [1.807, 2.05) is 0 Å². The quantitative estimate of drug-likeness (QED) is 0.505. The van der Waals surface area contributed by atoms with Crippen molar-refractivity contribution in [3.63, 3.8) is 0 Å². The van der Waals surface area contributed by atoms with Crippen LogP contribution in [-0.4, -0.2) is 12.7 Å². The molecule has 1 heterocycles. The summed E-state index contributed by atoms with van der Waals surface area (Å²) in [5.41, 5.74) is 0.775. The average molecular weight is 142 g/mol. The van der Waals surface area contributed by atoms with Crippen molar-refractivity contribution in [3.8, 4) is 0 Å². The molecule has 0 aromatic carbocycles. The molecule has 0 N–H and O–H groups in total. The van der Waals surface area contributed by atoms with Gasteiger partial charge in [0.1, 0.15) is 0 Å². The van der Waals surface area contributed by atoms with Gasteiger partial charge in [-0.3, -0.25) is 0 Å². The van der Waals surface area contributed by atoms with E-state index in [-0.39, 0.29) is 0 Å². The maximum Gasteiger partial charge on any atom is 0.0627 e. The van der Waals surface area contributed by atoms with Crippen LogP contribution in [0, 0.1) is 10.8 Å². The van der Waals surface area contributed by atoms with Gasteiger partial charge < -0.3 is 4.74 Å². The molecule has 2 atom stereocenters. The smallest absolute Gasteiger partial charge is 0.0627 e. The summed E-state index contributed by atoms with van der Waals surface area (Å²) in [5, 5.41) is 0. The van der Waals surface area contributed by atoms with Crippen LogP contribution in [0.5, 0.6) is 0 Å². The molecule has 0 unspecified atom stereocenters. The van der Waals surface area contributed by atoms with Crippen LogP contribution in [0.3, 0.4) is 0 Å². The molecule has 1 fully saturated rings. The third kappa shape index (κ3) is 0.878. The molecule has 1 heteroatoms. The standard InChI is InChI=1S/C9H18O/c1-7-9(5,6-10-7)8(2,3)4/h7H,6H2,1-5H3/t7-,9+/m0/s1. The van der Waals surface area contributed by atoms with Crippen molar-refractivity contribution in [2.24, 2.45) is 10.8 Å². The Balaban J connectivity index is 2.70. The van der Waals surface area contributed by atoms with Gasteiger partial charge in [-0.05, 0) is 12.3 Å². The Morgan fingerprint density at radius 3 is 1.90 bits per heavy atom.